The summed E-state index contributed by atoms with van der Waals surface area (Å²) in [5.41, 5.74) is 0.631. The molecule has 0 saturated heterocycles. The number of hydrogen-bond donors (Lipinski definition) is 0. The summed E-state index contributed by atoms with van der Waals surface area (Å²) in [4.78, 5) is 10.7. The Hall–Kier alpha value is -1.89. The van der Waals surface area contributed by atoms with Gasteiger partial charge in [-0.3, -0.25) is 10.1 Å². The Balaban J connectivity index is 2.11. The first-order valence-corrected chi connectivity index (χ1v) is 7.74. The van der Waals surface area contributed by atoms with E-state index >= 15 is 0 Å². The highest BCUT2D eigenvalue weighted by Crippen LogP contribution is 2.43. The van der Waals surface area contributed by atoms with Crippen molar-refractivity contribution >= 4 is 5.69 Å². The van der Waals surface area contributed by atoms with Gasteiger partial charge >= 0.3 is 0 Å². The number of nitriles is 1. The molecule has 0 aliphatic heterocycles. The van der Waals surface area contributed by atoms with Crippen molar-refractivity contribution in [2.45, 2.75) is 51.9 Å². The van der Waals surface area contributed by atoms with Crippen LogP contribution in [0.1, 0.15) is 51.0 Å². The second-order valence-corrected chi connectivity index (χ2v) is 6.15. The third kappa shape index (κ3) is 3.60. The van der Waals surface area contributed by atoms with Gasteiger partial charge in [0, 0.05) is 11.6 Å². The van der Waals surface area contributed by atoms with Crippen molar-refractivity contribution in [1.82, 2.24) is 0 Å². The summed E-state index contributed by atoms with van der Waals surface area (Å²) < 4.78 is 0. The van der Waals surface area contributed by atoms with Gasteiger partial charge in [-0.1, -0.05) is 44.4 Å². The highest BCUT2D eigenvalue weighted by Gasteiger charge is 2.36. The summed E-state index contributed by atoms with van der Waals surface area (Å²) in [7, 11) is 0. The van der Waals surface area contributed by atoms with E-state index in [2.05, 4.69) is 13.0 Å². The van der Waals surface area contributed by atoms with Gasteiger partial charge in [0.15, 0.2) is 0 Å². The van der Waals surface area contributed by atoms with Gasteiger partial charge in [-0.2, -0.15) is 5.26 Å². The molecule has 1 aromatic carbocycles. The third-order valence-electron chi connectivity index (χ3n) is 4.82. The molecule has 112 valence electrons. The summed E-state index contributed by atoms with van der Waals surface area (Å²) in [6.07, 6.45) is 6.65. The second-order valence-electron chi connectivity index (χ2n) is 6.15. The van der Waals surface area contributed by atoms with Crippen LogP contribution in [0.4, 0.5) is 5.69 Å². The Bertz CT molecular complexity index is 550. The van der Waals surface area contributed by atoms with Crippen LogP contribution in [0.25, 0.3) is 0 Å². The Kier molecular flexibility index (Phi) is 4.95. The number of aryl methyl sites for hydroxylation is 1. The van der Waals surface area contributed by atoms with Gasteiger partial charge in [0.25, 0.3) is 5.69 Å². The number of rotatable bonds is 5. The molecule has 0 amide bonds. The molecule has 1 saturated carbocycles. The fraction of sp³-hybridized carbons (Fsp3) is 0.588. The minimum absolute atomic E-state index is 0.174. The molecular formula is C17H22N2O2. The van der Waals surface area contributed by atoms with Crippen molar-refractivity contribution in [2.75, 3.05) is 0 Å². The van der Waals surface area contributed by atoms with E-state index in [-0.39, 0.29) is 16.0 Å². The molecule has 0 N–H and O–H groups in total. The third-order valence-corrected chi connectivity index (χ3v) is 4.82. The zero-order chi connectivity index (χ0) is 15.3. The van der Waals surface area contributed by atoms with E-state index in [9.17, 15) is 15.4 Å². The highest BCUT2D eigenvalue weighted by molar-refractivity contribution is 5.40. The zero-order valence-corrected chi connectivity index (χ0v) is 12.5. The van der Waals surface area contributed by atoms with Gasteiger partial charge in [-0.25, -0.2) is 0 Å². The molecule has 4 nitrogen and oxygen atoms in total. The van der Waals surface area contributed by atoms with Gasteiger partial charge < -0.3 is 0 Å². The molecule has 4 heteroatoms. The monoisotopic (exact) mass is 286 g/mol. The van der Waals surface area contributed by atoms with E-state index in [1.807, 2.05) is 12.1 Å². The molecular weight excluding hydrogens is 264 g/mol. The van der Waals surface area contributed by atoms with Crippen molar-refractivity contribution in [3.63, 3.8) is 0 Å². The Morgan fingerprint density at radius 1 is 1.48 bits per heavy atom. The van der Waals surface area contributed by atoms with Crippen LogP contribution in [0.5, 0.6) is 0 Å². The average molecular weight is 286 g/mol. The number of nitrogens with zero attached hydrogens (tertiary/aromatic N) is 2. The number of para-hydroxylation sites is 1. The molecule has 0 radical (unpaired) electrons. The predicted molar refractivity (Wildman–Crippen MR) is 81.7 cm³/mol. The molecule has 1 fully saturated rings. The summed E-state index contributed by atoms with van der Waals surface area (Å²) in [6.45, 7) is 2.18. The lowest BCUT2D eigenvalue weighted by Crippen LogP contribution is -2.27. The summed E-state index contributed by atoms with van der Waals surface area (Å²) in [5, 5.41) is 20.7. The highest BCUT2D eigenvalue weighted by atomic mass is 16.6. The maximum atomic E-state index is 11.1. The van der Waals surface area contributed by atoms with E-state index in [4.69, 9.17) is 0 Å². The topological polar surface area (TPSA) is 66.9 Å². The predicted octanol–water partition coefficient (Wildman–Crippen LogP) is 4.64. The molecule has 0 bridgehead atoms. The van der Waals surface area contributed by atoms with Crippen molar-refractivity contribution in [2.24, 2.45) is 11.3 Å². The molecule has 2 rings (SSSR count). The van der Waals surface area contributed by atoms with E-state index < -0.39 is 0 Å². The molecule has 2 unspecified atom stereocenters. The van der Waals surface area contributed by atoms with E-state index in [0.717, 1.165) is 37.7 Å². The lowest BCUT2D eigenvalue weighted by Gasteiger charge is -2.35. The zero-order valence-electron chi connectivity index (χ0n) is 12.5. The molecule has 21 heavy (non-hydrogen) atoms. The molecule has 2 atom stereocenters. The lowest BCUT2D eigenvalue weighted by atomic mass is 9.67. The minimum Gasteiger partial charge on any atom is -0.258 e. The Morgan fingerprint density at radius 3 is 2.90 bits per heavy atom. The van der Waals surface area contributed by atoms with E-state index in [0.29, 0.717) is 12.3 Å². The SMILES string of the molecule is CCC1CCCC(C#N)(CCc2ccccc2[N+](=O)[O-])C1. The molecule has 0 heterocycles. The normalized spacial score (nSPS) is 25.2. The maximum absolute atomic E-state index is 11.1. The van der Waals surface area contributed by atoms with Crippen LogP contribution in [0.15, 0.2) is 24.3 Å². The van der Waals surface area contributed by atoms with Crippen molar-refractivity contribution in [1.29, 1.82) is 5.26 Å². The molecule has 1 aliphatic carbocycles. The Morgan fingerprint density at radius 2 is 2.24 bits per heavy atom. The molecule has 0 spiro atoms. The average Bonchev–Trinajstić information content (AvgIpc) is 2.53. The second kappa shape index (κ2) is 6.71. The number of hydrogen-bond acceptors (Lipinski definition) is 3. The van der Waals surface area contributed by atoms with Crippen LogP contribution >= 0.6 is 0 Å². The Labute approximate surface area is 125 Å². The van der Waals surface area contributed by atoms with Crippen LogP contribution in [0.3, 0.4) is 0 Å². The van der Waals surface area contributed by atoms with Crippen LogP contribution in [0, 0.1) is 32.8 Å². The standard InChI is InChI=1S/C17H22N2O2/c1-2-14-6-5-10-17(12-14,13-18)11-9-15-7-3-4-8-16(15)19(20)21/h3-4,7-8,14H,2,5-6,9-12H2,1H3. The van der Waals surface area contributed by atoms with Gasteiger partial charge in [0.1, 0.15) is 0 Å². The smallest absolute Gasteiger partial charge is 0.258 e. The van der Waals surface area contributed by atoms with Crippen molar-refractivity contribution in [3.8, 4) is 6.07 Å². The fourth-order valence-corrected chi connectivity index (χ4v) is 3.49. The van der Waals surface area contributed by atoms with Crippen LogP contribution in [-0.4, -0.2) is 4.92 Å². The summed E-state index contributed by atoms with van der Waals surface area (Å²) in [5.74, 6) is 0.629. The fourth-order valence-electron chi connectivity index (χ4n) is 3.49. The van der Waals surface area contributed by atoms with Crippen LogP contribution < -0.4 is 0 Å². The first-order chi connectivity index (χ1) is 10.1. The molecule has 0 aromatic heterocycles. The number of nitro benzene ring substituents is 1. The minimum atomic E-state index is -0.329. The maximum Gasteiger partial charge on any atom is 0.272 e. The quantitative estimate of drug-likeness (QED) is 0.585. The van der Waals surface area contributed by atoms with Crippen molar-refractivity contribution in [3.05, 3.63) is 39.9 Å². The number of nitro groups is 1. The summed E-state index contributed by atoms with van der Waals surface area (Å²) in [6, 6.07) is 9.41. The summed E-state index contributed by atoms with van der Waals surface area (Å²) >= 11 is 0. The molecule has 1 aromatic rings. The number of benzene rings is 1. The first kappa shape index (κ1) is 15.5. The lowest BCUT2D eigenvalue weighted by molar-refractivity contribution is -0.385. The van der Waals surface area contributed by atoms with Gasteiger partial charge in [0.05, 0.1) is 16.4 Å². The van der Waals surface area contributed by atoms with Gasteiger partial charge in [-0.15, -0.1) is 0 Å². The van der Waals surface area contributed by atoms with E-state index in [1.165, 1.54) is 6.42 Å². The van der Waals surface area contributed by atoms with Gasteiger partial charge in [-0.05, 0) is 31.6 Å². The van der Waals surface area contributed by atoms with Crippen molar-refractivity contribution < 1.29 is 4.92 Å². The van der Waals surface area contributed by atoms with E-state index in [1.54, 1.807) is 12.1 Å². The first-order valence-electron chi connectivity index (χ1n) is 7.74. The van der Waals surface area contributed by atoms with Crippen LogP contribution in [0.2, 0.25) is 0 Å². The van der Waals surface area contributed by atoms with Crippen LogP contribution in [-0.2, 0) is 6.42 Å². The molecule has 1 aliphatic rings. The largest absolute Gasteiger partial charge is 0.272 e. The van der Waals surface area contributed by atoms with Gasteiger partial charge in [0.2, 0.25) is 0 Å².